The second-order valence-corrected chi connectivity index (χ2v) is 12.7. The van der Waals surface area contributed by atoms with Gasteiger partial charge in [0.2, 0.25) is 0 Å². The number of nitrogen functional groups attached to an aromatic ring is 1. The van der Waals surface area contributed by atoms with Gasteiger partial charge in [-0.25, -0.2) is 18.2 Å². The van der Waals surface area contributed by atoms with E-state index in [-0.39, 0.29) is 50.1 Å². The summed E-state index contributed by atoms with van der Waals surface area (Å²) in [6.07, 6.45) is 2.18. The number of ether oxygens (including phenoxy) is 1. The number of alkyl halides is 1. The predicted octanol–water partition coefficient (Wildman–Crippen LogP) is 5.17. The van der Waals surface area contributed by atoms with E-state index in [4.69, 9.17) is 27.1 Å². The maximum Gasteiger partial charge on any atom is 0.319 e. The quantitative estimate of drug-likeness (QED) is 0.312. The van der Waals surface area contributed by atoms with Crippen molar-refractivity contribution in [2.75, 3.05) is 50.5 Å². The number of halogens is 4. The number of nitrogens with two attached hydrogens (primary N) is 1. The van der Waals surface area contributed by atoms with Crippen LogP contribution in [0.3, 0.4) is 0 Å². The molecule has 0 amide bonds. The number of nitrogens with one attached hydrogen (secondary N) is 1. The summed E-state index contributed by atoms with van der Waals surface area (Å²) in [5.41, 5.74) is 6.09. The summed E-state index contributed by atoms with van der Waals surface area (Å²) in [5, 5.41) is 4.06. The minimum Gasteiger partial charge on any atom is -0.461 e. The summed E-state index contributed by atoms with van der Waals surface area (Å²) >= 11 is 7.73. The first kappa shape index (κ1) is 26.9. The third kappa shape index (κ3) is 4.46. The number of rotatable bonds is 6. The zero-order valence-corrected chi connectivity index (χ0v) is 24.0. The molecule has 0 radical (unpaired) electrons. The molecule has 3 aliphatic heterocycles. The lowest BCUT2D eigenvalue weighted by Gasteiger charge is -2.31. The van der Waals surface area contributed by atoms with E-state index in [1.807, 2.05) is 11.9 Å². The molecular formula is C28H29ClF3N7OS. The molecule has 7 rings (SSSR count). The zero-order chi connectivity index (χ0) is 28.5. The predicted molar refractivity (Wildman–Crippen MR) is 156 cm³/mol. The van der Waals surface area contributed by atoms with Gasteiger partial charge in [0.15, 0.2) is 10.9 Å². The molecule has 13 heteroatoms. The lowest BCUT2D eigenvalue weighted by atomic mass is 9.95. The maximum absolute atomic E-state index is 16.6. The van der Waals surface area contributed by atoms with Crippen LogP contribution in [0.4, 0.5) is 24.1 Å². The Morgan fingerprint density at radius 2 is 2.12 bits per heavy atom. The lowest BCUT2D eigenvalue weighted by Crippen LogP contribution is -2.43. The third-order valence-electron chi connectivity index (χ3n) is 8.77. The highest BCUT2D eigenvalue weighted by atomic mass is 35.5. The molecule has 4 aromatic rings. The second-order valence-electron chi connectivity index (χ2n) is 11.2. The van der Waals surface area contributed by atoms with E-state index in [1.54, 1.807) is 6.07 Å². The molecule has 0 spiro atoms. The van der Waals surface area contributed by atoms with Gasteiger partial charge in [0.25, 0.3) is 0 Å². The molecule has 216 valence electrons. The molecule has 3 N–H and O–H groups in total. The van der Waals surface area contributed by atoms with Crippen molar-refractivity contribution in [2.45, 2.75) is 43.4 Å². The van der Waals surface area contributed by atoms with E-state index in [2.05, 4.69) is 20.2 Å². The van der Waals surface area contributed by atoms with Gasteiger partial charge in [-0.2, -0.15) is 9.97 Å². The van der Waals surface area contributed by atoms with Gasteiger partial charge in [0.05, 0.1) is 20.8 Å². The average molecular weight is 604 g/mol. The molecule has 8 nitrogen and oxygen atoms in total. The van der Waals surface area contributed by atoms with Gasteiger partial charge < -0.3 is 20.7 Å². The SMILES string of the molecule is CN(c1nc(OC[C@@]23CCCN2C[C@H](F)C3)nc2c(F)c(-c3ccc(F)c4sc(N)nc34)c(Cl)cc12)[C@@H]1CCNC1. The summed E-state index contributed by atoms with van der Waals surface area (Å²) in [7, 11) is 1.91. The van der Waals surface area contributed by atoms with E-state index in [0.29, 0.717) is 29.7 Å². The first-order valence-corrected chi connectivity index (χ1v) is 14.9. The number of benzene rings is 2. The van der Waals surface area contributed by atoms with Gasteiger partial charge >= 0.3 is 6.01 Å². The largest absolute Gasteiger partial charge is 0.461 e. The van der Waals surface area contributed by atoms with Crippen molar-refractivity contribution < 1.29 is 17.9 Å². The number of aromatic nitrogens is 3. The van der Waals surface area contributed by atoms with E-state index < -0.39 is 23.3 Å². The van der Waals surface area contributed by atoms with Crippen LogP contribution in [0, 0.1) is 11.6 Å². The zero-order valence-electron chi connectivity index (χ0n) is 22.4. The topological polar surface area (TPSA) is 92.4 Å². The third-order valence-corrected chi connectivity index (χ3v) is 9.96. The minimum absolute atomic E-state index is 0.0168. The van der Waals surface area contributed by atoms with Crippen LogP contribution < -0.4 is 20.7 Å². The molecule has 3 atom stereocenters. The Hall–Kier alpha value is -2.93. The first-order chi connectivity index (χ1) is 19.7. The highest BCUT2D eigenvalue weighted by Crippen LogP contribution is 2.44. The summed E-state index contributed by atoms with van der Waals surface area (Å²) in [6, 6.07) is 4.48. The molecule has 0 unspecified atom stereocenters. The maximum atomic E-state index is 16.6. The Morgan fingerprint density at radius 1 is 1.27 bits per heavy atom. The monoisotopic (exact) mass is 603 g/mol. The Balaban J connectivity index is 1.37. The minimum atomic E-state index is -0.901. The fraction of sp³-hybridized carbons (Fsp3) is 0.464. The number of nitrogens with zero attached hydrogens (tertiary/aromatic N) is 5. The number of likely N-dealkylation sites (N-methyl/N-ethyl adjacent to an activating group) is 1. The van der Waals surface area contributed by atoms with Crippen LogP contribution in [-0.4, -0.2) is 77.4 Å². The summed E-state index contributed by atoms with van der Waals surface area (Å²) < 4.78 is 51.9. The van der Waals surface area contributed by atoms with Gasteiger partial charge in [-0.1, -0.05) is 22.9 Å². The highest BCUT2D eigenvalue weighted by molar-refractivity contribution is 7.22. The number of anilines is 2. The molecule has 3 aliphatic rings. The van der Waals surface area contributed by atoms with Crippen LogP contribution in [0.5, 0.6) is 6.01 Å². The van der Waals surface area contributed by atoms with Crippen molar-refractivity contribution in [3.63, 3.8) is 0 Å². The molecule has 3 saturated heterocycles. The molecule has 0 bridgehead atoms. The molecule has 2 aromatic heterocycles. The van der Waals surface area contributed by atoms with Crippen molar-refractivity contribution in [1.29, 1.82) is 0 Å². The summed E-state index contributed by atoms with van der Waals surface area (Å²) in [5.74, 6) is -0.697. The molecule has 0 saturated carbocycles. The van der Waals surface area contributed by atoms with E-state index >= 15 is 4.39 Å². The van der Waals surface area contributed by atoms with E-state index in [0.717, 1.165) is 50.2 Å². The Morgan fingerprint density at radius 3 is 2.93 bits per heavy atom. The average Bonchev–Trinajstić information content (AvgIpc) is 3.73. The van der Waals surface area contributed by atoms with Gasteiger partial charge in [0, 0.05) is 49.1 Å². The van der Waals surface area contributed by atoms with Crippen LogP contribution in [0.1, 0.15) is 25.7 Å². The van der Waals surface area contributed by atoms with Gasteiger partial charge in [-0.05, 0) is 50.6 Å². The summed E-state index contributed by atoms with van der Waals surface area (Å²) in [4.78, 5) is 17.7. The fourth-order valence-corrected chi connectivity index (χ4v) is 7.78. The van der Waals surface area contributed by atoms with Crippen LogP contribution in [-0.2, 0) is 0 Å². The Labute approximate surface area is 243 Å². The summed E-state index contributed by atoms with van der Waals surface area (Å²) in [6.45, 7) is 3.05. The molecule has 3 fully saturated rings. The highest BCUT2D eigenvalue weighted by Gasteiger charge is 2.49. The van der Waals surface area contributed by atoms with Gasteiger partial charge in [0.1, 0.15) is 29.9 Å². The number of fused-ring (bicyclic) bond motifs is 3. The standard InChI is InChI=1S/C28H29ClF3N7OS/c1-38(15-5-7-34-11-15)25-17-9-18(29)20(16-3-4-19(31)24-23(16)35-26(33)41-24)21(32)22(17)36-27(37-25)40-13-28-6-2-8-39(28)12-14(30)10-28/h3-4,9,14-15,34H,2,5-8,10-13H2,1H3,(H2,33,35)/t14-,15-,28+/m1/s1. The Kier molecular flexibility index (Phi) is 6.64. The van der Waals surface area contributed by atoms with Gasteiger partial charge in [-0.3, -0.25) is 4.90 Å². The molecule has 2 aromatic carbocycles. The number of thiazole rings is 1. The normalized spacial score (nSPS) is 24.5. The van der Waals surface area contributed by atoms with Crippen LogP contribution in [0.15, 0.2) is 18.2 Å². The number of hydrogen-bond donors (Lipinski definition) is 2. The molecule has 5 heterocycles. The smallest absolute Gasteiger partial charge is 0.319 e. The van der Waals surface area contributed by atoms with Crippen molar-refractivity contribution in [1.82, 2.24) is 25.2 Å². The number of hydrogen-bond acceptors (Lipinski definition) is 9. The van der Waals surface area contributed by atoms with E-state index in [1.165, 1.54) is 12.1 Å². The Bertz CT molecular complexity index is 1670. The van der Waals surface area contributed by atoms with Crippen molar-refractivity contribution in [3.8, 4) is 17.1 Å². The fourth-order valence-electron chi connectivity index (χ4n) is 6.72. The van der Waals surface area contributed by atoms with E-state index in [9.17, 15) is 8.78 Å². The molecular weight excluding hydrogens is 575 g/mol. The van der Waals surface area contributed by atoms with Crippen molar-refractivity contribution >= 4 is 55.0 Å². The van der Waals surface area contributed by atoms with Crippen LogP contribution in [0.25, 0.3) is 32.2 Å². The molecule has 41 heavy (non-hydrogen) atoms. The second kappa shape index (κ2) is 10.1. The van der Waals surface area contributed by atoms with Gasteiger partial charge in [-0.15, -0.1) is 0 Å². The first-order valence-electron chi connectivity index (χ1n) is 13.7. The van der Waals surface area contributed by atoms with Crippen LogP contribution in [0.2, 0.25) is 5.02 Å². The van der Waals surface area contributed by atoms with Crippen molar-refractivity contribution in [2.24, 2.45) is 0 Å². The van der Waals surface area contributed by atoms with Crippen LogP contribution >= 0.6 is 22.9 Å². The lowest BCUT2D eigenvalue weighted by molar-refractivity contribution is 0.107. The van der Waals surface area contributed by atoms with Crippen molar-refractivity contribution in [3.05, 3.63) is 34.9 Å². The molecule has 0 aliphatic carbocycles.